The van der Waals surface area contributed by atoms with Gasteiger partial charge in [-0.05, 0) is 54.8 Å². The number of likely N-dealkylation sites (tertiary alicyclic amines) is 1. The van der Waals surface area contributed by atoms with Gasteiger partial charge in [-0.25, -0.2) is 9.36 Å². The molecule has 5 rings (SSSR count). The maximum atomic E-state index is 11.9. The summed E-state index contributed by atoms with van der Waals surface area (Å²) in [7, 11) is 0. The molecule has 0 radical (unpaired) electrons. The fourth-order valence-corrected chi connectivity index (χ4v) is 5.16. The van der Waals surface area contributed by atoms with Crippen molar-refractivity contribution in [2.45, 2.75) is 31.1 Å². The molecule has 3 aromatic rings. The highest BCUT2D eigenvalue weighted by molar-refractivity contribution is 6.35. The summed E-state index contributed by atoms with van der Waals surface area (Å²) in [5.74, 6) is 0.450. The van der Waals surface area contributed by atoms with Gasteiger partial charge in [0.25, 0.3) is 0 Å². The van der Waals surface area contributed by atoms with E-state index in [0.717, 1.165) is 24.1 Å². The number of aromatic hydroxyl groups is 1. The minimum absolute atomic E-state index is 0.0270. The van der Waals surface area contributed by atoms with Gasteiger partial charge in [0.1, 0.15) is 11.9 Å². The predicted molar refractivity (Wildman–Crippen MR) is 118 cm³/mol. The third kappa shape index (κ3) is 3.72. The largest absolute Gasteiger partial charge is 0.493 e. The SMILES string of the molecule is O=c1[nH]cc(O)n1-c1ccc(O[C@H]2c3cc(Cl)cc(Cl)c3C[C@@H]2N2CC[C@@H](O)C2)cc1. The lowest BCUT2D eigenvalue weighted by Crippen LogP contribution is -2.39. The summed E-state index contributed by atoms with van der Waals surface area (Å²) in [6, 6.07) is 10.6. The first-order valence-electron chi connectivity index (χ1n) is 10.1. The number of H-pyrrole nitrogens is 1. The molecule has 2 heterocycles. The molecule has 162 valence electrons. The van der Waals surface area contributed by atoms with Crippen LogP contribution in [-0.4, -0.2) is 49.9 Å². The van der Waals surface area contributed by atoms with Crippen molar-refractivity contribution in [3.05, 3.63) is 74.3 Å². The van der Waals surface area contributed by atoms with Gasteiger partial charge in [0.15, 0.2) is 0 Å². The number of rotatable bonds is 4. The molecule has 0 amide bonds. The number of ether oxygens (including phenoxy) is 1. The van der Waals surface area contributed by atoms with Crippen LogP contribution < -0.4 is 10.4 Å². The Morgan fingerprint density at radius 3 is 2.58 bits per heavy atom. The van der Waals surface area contributed by atoms with Crippen molar-refractivity contribution in [2.24, 2.45) is 0 Å². The maximum absolute atomic E-state index is 11.9. The van der Waals surface area contributed by atoms with E-state index in [2.05, 4.69) is 9.88 Å². The van der Waals surface area contributed by atoms with Gasteiger partial charge in [-0.15, -0.1) is 0 Å². The number of β-amino-alcohol motifs (C(OH)–C–C–N with tert-alkyl or cyclic N) is 1. The van der Waals surface area contributed by atoms with Crippen molar-refractivity contribution >= 4 is 23.2 Å². The van der Waals surface area contributed by atoms with Crippen LogP contribution >= 0.6 is 23.2 Å². The van der Waals surface area contributed by atoms with Crippen molar-refractivity contribution in [2.75, 3.05) is 13.1 Å². The number of nitrogens with one attached hydrogen (secondary N) is 1. The van der Waals surface area contributed by atoms with E-state index in [0.29, 0.717) is 34.4 Å². The second kappa shape index (κ2) is 7.91. The van der Waals surface area contributed by atoms with E-state index in [-0.39, 0.29) is 24.1 Å². The van der Waals surface area contributed by atoms with E-state index in [1.54, 1.807) is 30.3 Å². The fourth-order valence-electron chi connectivity index (χ4n) is 4.58. The van der Waals surface area contributed by atoms with Gasteiger partial charge >= 0.3 is 5.69 Å². The maximum Gasteiger partial charge on any atom is 0.333 e. The van der Waals surface area contributed by atoms with Gasteiger partial charge in [0.2, 0.25) is 5.88 Å². The zero-order chi connectivity index (χ0) is 21.7. The Kier molecular flexibility index (Phi) is 5.22. The normalized spacial score (nSPS) is 23.3. The summed E-state index contributed by atoms with van der Waals surface area (Å²) < 4.78 is 7.58. The molecule has 0 spiro atoms. The molecule has 9 heteroatoms. The van der Waals surface area contributed by atoms with Crippen LogP contribution in [0.25, 0.3) is 5.69 Å². The smallest absolute Gasteiger partial charge is 0.333 e. The first-order valence-corrected chi connectivity index (χ1v) is 10.8. The van der Waals surface area contributed by atoms with Crippen LogP contribution in [0, 0.1) is 0 Å². The van der Waals surface area contributed by atoms with E-state index in [1.807, 2.05) is 6.07 Å². The molecule has 1 saturated heterocycles. The molecule has 3 atom stereocenters. The second-order valence-corrected chi connectivity index (χ2v) is 8.83. The Hall–Kier alpha value is -2.45. The van der Waals surface area contributed by atoms with Crippen LogP contribution in [0.1, 0.15) is 23.7 Å². The number of aliphatic hydroxyl groups is 1. The zero-order valence-corrected chi connectivity index (χ0v) is 18.0. The minimum Gasteiger partial charge on any atom is -0.493 e. The molecule has 1 aliphatic carbocycles. The Morgan fingerprint density at radius 1 is 1.16 bits per heavy atom. The number of imidazole rings is 1. The summed E-state index contributed by atoms with van der Waals surface area (Å²) in [6.07, 6.45) is 2.05. The number of benzene rings is 2. The summed E-state index contributed by atoms with van der Waals surface area (Å²) in [6.45, 7) is 1.39. The highest BCUT2D eigenvalue weighted by atomic mass is 35.5. The minimum atomic E-state index is -0.423. The number of halogens is 2. The molecule has 31 heavy (non-hydrogen) atoms. The van der Waals surface area contributed by atoms with Crippen molar-refractivity contribution < 1.29 is 14.9 Å². The van der Waals surface area contributed by atoms with Gasteiger partial charge in [0, 0.05) is 28.7 Å². The molecular weight excluding hydrogens is 441 g/mol. The van der Waals surface area contributed by atoms with E-state index in [9.17, 15) is 15.0 Å². The summed E-state index contributed by atoms with van der Waals surface area (Å²) in [5.41, 5.74) is 2.07. The number of aliphatic hydroxyl groups excluding tert-OH is 1. The van der Waals surface area contributed by atoms with Crippen LogP contribution in [-0.2, 0) is 6.42 Å². The molecule has 2 aliphatic rings. The molecule has 1 aliphatic heterocycles. The summed E-state index contributed by atoms with van der Waals surface area (Å²) in [5, 5.41) is 21.1. The van der Waals surface area contributed by atoms with Crippen LogP contribution in [0.4, 0.5) is 0 Å². The van der Waals surface area contributed by atoms with Gasteiger partial charge in [-0.2, -0.15) is 0 Å². The summed E-state index contributed by atoms with van der Waals surface area (Å²) >= 11 is 12.8. The molecule has 2 aromatic carbocycles. The average Bonchev–Trinajstić information content (AvgIpc) is 3.41. The number of hydrogen-bond donors (Lipinski definition) is 3. The van der Waals surface area contributed by atoms with Crippen molar-refractivity contribution in [1.82, 2.24) is 14.5 Å². The monoisotopic (exact) mass is 461 g/mol. The number of aromatic amines is 1. The molecule has 0 saturated carbocycles. The molecule has 7 nitrogen and oxygen atoms in total. The molecule has 1 aromatic heterocycles. The zero-order valence-electron chi connectivity index (χ0n) is 16.5. The van der Waals surface area contributed by atoms with Gasteiger partial charge in [-0.3, -0.25) is 4.90 Å². The lowest BCUT2D eigenvalue weighted by atomic mass is 10.1. The third-order valence-corrected chi connectivity index (χ3v) is 6.60. The first kappa shape index (κ1) is 20.5. The second-order valence-electron chi connectivity index (χ2n) is 7.98. The molecule has 0 bridgehead atoms. The van der Waals surface area contributed by atoms with Crippen LogP contribution in [0.15, 0.2) is 47.4 Å². The van der Waals surface area contributed by atoms with Crippen LogP contribution in [0.5, 0.6) is 11.6 Å². The standard InChI is InChI=1S/C22H21Cl2N3O4/c23-12-7-17-16(18(24)8-12)9-19(26-6-5-14(28)11-26)21(17)31-15-3-1-13(2-4-15)27-20(29)10-25-22(27)30/h1-4,7-8,10,14,19,21,28-29H,5-6,9,11H2,(H,25,30)/t14-,19+,21+/m1/s1. The Bertz CT molecular complexity index is 1170. The van der Waals surface area contributed by atoms with E-state index < -0.39 is 5.69 Å². The van der Waals surface area contributed by atoms with E-state index in [4.69, 9.17) is 27.9 Å². The van der Waals surface area contributed by atoms with Gasteiger partial charge in [0.05, 0.1) is 24.0 Å². The number of hydrogen-bond acceptors (Lipinski definition) is 5. The third-order valence-electron chi connectivity index (χ3n) is 6.04. The summed E-state index contributed by atoms with van der Waals surface area (Å²) in [4.78, 5) is 16.6. The highest BCUT2D eigenvalue weighted by Gasteiger charge is 2.41. The lowest BCUT2D eigenvalue weighted by Gasteiger charge is -2.30. The number of aromatic nitrogens is 2. The Balaban J connectivity index is 1.46. The molecule has 3 N–H and O–H groups in total. The fraction of sp³-hybridized carbons (Fsp3) is 0.318. The quantitative estimate of drug-likeness (QED) is 0.554. The first-order chi connectivity index (χ1) is 14.9. The van der Waals surface area contributed by atoms with Crippen molar-refractivity contribution in [3.8, 4) is 17.3 Å². The lowest BCUT2D eigenvalue weighted by molar-refractivity contribution is 0.0818. The van der Waals surface area contributed by atoms with Crippen LogP contribution in [0.3, 0.4) is 0 Å². The van der Waals surface area contributed by atoms with Crippen LogP contribution in [0.2, 0.25) is 10.0 Å². The number of nitrogens with zero attached hydrogens (tertiary/aromatic N) is 2. The number of fused-ring (bicyclic) bond motifs is 1. The van der Waals surface area contributed by atoms with Gasteiger partial charge < -0.3 is 19.9 Å². The predicted octanol–water partition coefficient (Wildman–Crippen LogP) is 3.29. The Morgan fingerprint density at radius 2 is 1.94 bits per heavy atom. The average molecular weight is 462 g/mol. The topological polar surface area (TPSA) is 90.7 Å². The molecule has 0 unspecified atom stereocenters. The molecular formula is C22H21Cl2N3O4. The van der Waals surface area contributed by atoms with E-state index in [1.165, 1.54) is 10.8 Å². The Labute approximate surface area is 188 Å². The highest BCUT2D eigenvalue weighted by Crippen LogP contribution is 2.43. The molecule has 1 fully saturated rings. The van der Waals surface area contributed by atoms with E-state index >= 15 is 0 Å². The van der Waals surface area contributed by atoms with Crippen molar-refractivity contribution in [3.63, 3.8) is 0 Å². The van der Waals surface area contributed by atoms with Crippen molar-refractivity contribution in [1.29, 1.82) is 0 Å². The van der Waals surface area contributed by atoms with Gasteiger partial charge in [-0.1, -0.05) is 23.2 Å².